The molecule has 0 spiro atoms. The average Bonchev–Trinajstić information content (AvgIpc) is 3.21. The van der Waals surface area contributed by atoms with Gasteiger partial charge in [-0.2, -0.15) is 0 Å². The maximum absolute atomic E-state index is 11.8. The van der Waals surface area contributed by atoms with Gasteiger partial charge < -0.3 is 15.5 Å². The normalized spacial score (nSPS) is 18.3. The molecule has 1 saturated heterocycles. The monoisotopic (exact) mass is 337 g/mol. The van der Waals surface area contributed by atoms with Crippen molar-refractivity contribution in [3.63, 3.8) is 0 Å². The molecule has 0 saturated carbocycles. The summed E-state index contributed by atoms with van der Waals surface area (Å²) in [6, 6.07) is 0.269. The molecule has 0 bridgehead atoms. The molecule has 7 heteroatoms. The number of aryl methyl sites for hydroxylation is 1. The molecule has 1 aliphatic rings. The Kier molecular flexibility index (Phi) is 6.83. The second kappa shape index (κ2) is 8.86. The van der Waals surface area contributed by atoms with Crippen LogP contribution in [0, 0.1) is 0 Å². The Labute approximate surface area is 142 Å². The molecule has 0 aliphatic carbocycles. The summed E-state index contributed by atoms with van der Waals surface area (Å²) in [7, 11) is 0. The van der Waals surface area contributed by atoms with E-state index in [0.29, 0.717) is 13.0 Å². The second-order valence-corrected chi connectivity index (χ2v) is 6.79. The molecule has 1 aromatic heterocycles. The quantitative estimate of drug-likeness (QED) is 0.613. The van der Waals surface area contributed by atoms with Crippen LogP contribution in [0.5, 0.6) is 0 Å². The van der Waals surface area contributed by atoms with E-state index < -0.39 is 0 Å². The number of thiazole rings is 1. The number of rotatable bonds is 6. The van der Waals surface area contributed by atoms with E-state index in [1.54, 1.807) is 11.3 Å². The molecule has 128 valence electrons. The highest BCUT2D eigenvalue weighted by Crippen LogP contribution is 2.14. The SMILES string of the molecule is CCNC(=NCc1ncc(CC)s1)NC1CCN(C(=O)CC)C1. The van der Waals surface area contributed by atoms with Crippen molar-refractivity contribution >= 4 is 23.2 Å². The van der Waals surface area contributed by atoms with Crippen LogP contribution < -0.4 is 10.6 Å². The standard InChI is InChI=1S/C16H27N5OS/c1-4-13-9-18-14(23-13)10-19-16(17-6-3)20-12-7-8-21(11-12)15(22)5-2/h9,12H,4-8,10-11H2,1-3H3,(H2,17,19,20). The zero-order valence-corrected chi connectivity index (χ0v) is 15.1. The third kappa shape index (κ3) is 5.20. The molecule has 1 atom stereocenters. The van der Waals surface area contributed by atoms with Crippen molar-refractivity contribution in [1.82, 2.24) is 20.5 Å². The summed E-state index contributed by atoms with van der Waals surface area (Å²) in [4.78, 5) is 24.0. The summed E-state index contributed by atoms with van der Waals surface area (Å²) in [5, 5.41) is 7.75. The van der Waals surface area contributed by atoms with Crippen LogP contribution in [0.25, 0.3) is 0 Å². The van der Waals surface area contributed by atoms with Crippen molar-refractivity contribution in [2.75, 3.05) is 19.6 Å². The number of nitrogens with zero attached hydrogens (tertiary/aromatic N) is 3. The van der Waals surface area contributed by atoms with Crippen molar-refractivity contribution in [3.8, 4) is 0 Å². The number of carbonyl (C=O) groups is 1. The van der Waals surface area contributed by atoms with Crippen molar-refractivity contribution in [1.29, 1.82) is 0 Å². The Bertz CT molecular complexity index is 542. The van der Waals surface area contributed by atoms with Gasteiger partial charge in [0.1, 0.15) is 5.01 Å². The minimum absolute atomic E-state index is 0.228. The Hall–Kier alpha value is -1.63. The van der Waals surface area contributed by atoms with E-state index in [-0.39, 0.29) is 11.9 Å². The number of aromatic nitrogens is 1. The number of guanidine groups is 1. The van der Waals surface area contributed by atoms with Gasteiger partial charge in [0.05, 0.1) is 6.54 Å². The molecule has 23 heavy (non-hydrogen) atoms. The molecular formula is C16H27N5OS. The lowest BCUT2D eigenvalue weighted by molar-refractivity contribution is -0.129. The fourth-order valence-corrected chi connectivity index (χ4v) is 3.36. The van der Waals surface area contributed by atoms with E-state index in [4.69, 9.17) is 0 Å². The van der Waals surface area contributed by atoms with Crippen LogP contribution in [0.4, 0.5) is 0 Å². The van der Waals surface area contributed by atoms with Gasteiger partial charge in [-0.15, -0.1) is 11.3 Å². The first-order chi connectivity index (χ1) is 11.2. The van der Waals surface area contributed by atoms with E-state index in [9.17, 15) is 4.79 Å². The minimum atomic E-state index is 0.228. The van der Waals surface area contributed by atoms with Gasteiger partial charge in [0.2, 0.25) is 5.91 Å². The van der Waals surface area contributed by atoms with E-state index in [2.05, 4.69) is 34.5 Å². The van der Waals surface area contributed by atoms with Gasteiger partial charge >= 0.3 is 0 Å². The van der Waals surface area contributed by atoms with Gasteiger partial charge in [-0.25, -0.2) is 9.98 Å². The molecule has 1 fully saturated rings. The molecular weight excluding hydrogens is 310 g/mol. The summed E-state index contributed by atoms with van der Waals surface area (Å²) >= 11 is 1.72. The topological polar surface area (TPSA) is 69.6 Å². The maximum atomic E-state index is 11.8. The van der Waals surface area contributed by atoms with E-state index >= 15 is 0 Å². The Morgan fingerprint density at radius 1 is 1.48 bits per heavy atom. The van der Waals surface area contributed by atoms with Crippen LogP contribution in [0.3, 0.4) is 0 Å². The van der Waals surface area contributed by atoms with Crippen LogP contribution in [-0.4, -0.2) is 47.4 Å². The molecule has 2 N–H and O–H groups in total. The summed E-state index contributed by atoms with van der Waals surface area (Å²) in [6.07, 6.45) is 4.49. The van der Waals surface area contributed by atoms with Gasteiger partial charge in [-0.3, -0.25) is 4.79 Å². The van der Waals surface area contributed by atoms with Crippen molar-refractivity contribution in [3.05, 3.63) is 16.1 Å². The van der Waals surface area contributed by atoms with Crippen LogP contribution in [-0.2, 0) is 17.8 Å². The van der Waals surface area contributed by atoms with Gasteiger partial charge in [0.15, 0.2) is 5.96 Å². The number of hydrogen-bond donors (Lipinski definition) is 2. The molecule has 1 aromatic rings. The summed E-state index contributed by atoms with van der Waals surface area (Å²) < 4.78 is 0. The Morgan fingerprint density at radius 3 is 2.96 bits per heavy atom. The highest BCUT2D eigenvalue weighted by Gasteiger charge is 2.25. The molecule has 1 aliphatic heterocycles. The zero-order valence-electron chi connectivity index (χ0n) is 14.3. The first-order valence-electron chi connectivity index (χ1n) is 8.42. The van der Waals surface area contributed by atoms with E-state index in [1.165, 1.54) is 4.88 Å². The molecule has 0 aromatic carbocycles. The van der Waals surface area contributed by atoms with E-state index in [1.807, 2.05) is 18.0 Å². The van der Waals surface area contributed by atoms with Gasteiger partial charge in [-0.1, -0.05) is 13.8 Å². The fourth-order valence-electron chi connectivity index (χ4n) is 2.57. The largest absolute Gasteiger partial charge is 0.357 e. The number of likely N-dealkylation sites (tertiary alicyclic amines) is 1. The molecule has 2 rings (SSSR count). The molecule has 1 amide bonds. The van der Waals surface area contributed by atoms with Gasteiger partial charge in [0, 0.05) is 43.2 Å². The van der Waals surface area contributed by atoms with Crippen LogP contribution >= 0.6 is 11.3 Å². The predicted octanol–water partition coefficient (Wildman–Crippen LogP) is 1.77. The maximum Gasteiger partial charge on any atom is 0.222 e. The van der Waals surface area contributed by atoms with Crippen molar-refractivity contribution in [2.24, 2.45) is 4.99 Å². The molecule has 2 heterocycles. The first-order valence-corrected chi connectivity index (χ1v) is 9.24. The number of amides is 1. The summed E-state index contributed by atoms with van der Waals surface area (Å²) in [6.45, 7) is 9.09. The Morgan fingerprint density at radius 2 is 2.30 bits per heavy atom. The minimum Gasteiger partial charge on any atom is -0.357 e. The Balaban J connectivity index is 1.90. The van der Waals surface area contributed by atoms with Crippen LogP contribution in [0.1, 0.15) is 43.5 Å². The predicted molar refractivity (Wildman–Crippen MR) is 94.7 cm³/mol. The molecule has 6 nitrogen and oxygen atoms in total. The number of nitrogens with one attached hydrogen (secondary N) is 2. The highest BCUT2D eigenvalue weighted by atomic mass is 32.1. The molecule has 1 unspecified atom stereocenters. The van der Waals surface area contributed by atoms with Gasteiger partial charge in [0.25, 0.3) is 0 Å². The average molecular weight is 337 g/mol. The highest BCUT2D eigenvalue weighted by molar-refractivity contribution is 7.11. The molecule has 0 radical (unpaired) electrons. The summed E-state index contributed by atoms with van der Waals surface area (Å²) in [5.74, 6) is 1.03. The number of aliphatic imine (C=N–C) groups is 1. The van der Waals surface area contributed by atoms with Crippen molar-refractivity contribution in [2.45, 2.75) is 52.6 Å². The third-order valence-electron chi connectivity index (χ3n) is 3.85. The lowest BCUT2D eigenvalue weighted by atomic mass is 10.3. The lowest BCUT2D eigenvalue weighted by Gasteiger charge is -2.18. The van der Waals surface area contributed by atoms with Crippen LogP contribution in [0.15, 0.2) is 11.2 Å². The number of carbonyl (C=O) groups excluding carboxylic acids is 1. The smallest absolute Gasteiger partial charge is 0.222 e. The number of hydrogen-bond acceptors (Lipinski definition) is 4. The summed E-state index contributed by atoms with van der Waals surface area (Å²) in [5.41, 5.74) is 0. The van der Waals surface area contributed by atoms with Gasteiger partial charge in [-0.05, 0) is 19.8 Å². The zero-order chi connectivity index (χ0) is 16.7. The third-order valence-corrected chi connectivity index (χ3v) is 4.98. The van der Waals surface area contributed by atoms with E-state index in [0.717, 1.165) is 43.4 Å². The fraction of sp³-hybridized carbons (Fsp3) is 0.688. The van der Waals surface area contributed by atoms with Crippen LogP contribution in [0.2, 0.25) is 0 Å². The lowest BCUT2D eigenvalue weighted by Crippen LogP contribution is -2.45. The first kappa shape index (κ1) is 17.7. The van der Waals surface area contributed by atoms with Crippen molar-refractivity contribution < 1.29 is 4.79 Å². The second-order valence-electron chi connectivity index (χ2n) is 5.59.